The molecular formula is C16H17N5. The van der Waals surface area contributed by atoms with Crippen molar-refractivity contribution in [1.82, 2.24) is 19.9 Å². The molecule has 0 atom stereocenters. The summed E-state index contributed by atoms with van der Waals surface area (Å²) in [5, 5.41) is 3.56. The smallest absolute Gasteiger partial charge is 0.183 e. The van der Waals surface area contributed by atoms with Gasteiger partial charge in [0.05, 0.1) is 6.33 Å². The number of aromatic nitrogens is 4. The predicted molar refractivity (Wildman–Crippen MR) is 83.0 cm³/mol. The minimum atomic E-state index is 0.509. The summed E-state index contributed by atoms with van der Waals surface area (Å²) in [6.07, 6.45) is 6.68. The highest BCUT2D eigenvalue weighted by Crippen LogP contribution is 2.26. The van der Waals surface area contributed by atoms with Gasteiger partial charge in [-0.2, -0.15) is 0 Å². The molecule has 0 radical (unpaired) electrons. The average molecular weight is 279 g/mol. The van der Waals surface area contributed by atoms with E-state index >= 15 is 0 Å². The van der Waals surface area contributed by atoms with E-state index in [9.17, 15) is 0 Å². The Kier molecular flexibility index (Phi) is 3.03. The second kappa shape index (κ2) is 5.16. The van der Waals surface area contributed by atoms with Gasteiger partial charge in [-0.3, -0.25) is 0 Å². The van der Waals surface area contributed by atoms with Crippen molar-refractivity contribution in [1.29, 1.82) is 0 Å². The first kappa shape index (κ1) is 12.3. The van der Waals surface area contributed by atoms with Gasteiger partial charge in [-0.05, 0) is 12.8 Å². The zero-order valence-corrected chi connectivity index (χ0v) is 11.7. The number of aromatic amines is 1. The molecule has 0 unspecified atom stereocenters. The fraction of sp³-hybridized carbons (Fsp3) is 0.312. The maximum absolute atomic E-state index is 4.71. The van der Waals surface area contributed by atoms with Gasteiger partial charge in [0.1, 0.15) is 5.52 Å². The molecule has 3 aromatic rings. The maximum Gasteiger partial charge on any atom is 0.183 e. The van der Waals surface area contributed by atoms with Gasteiger partial charge >= 0.3 is 0 Å². The third kappa shape index (κ3) is 2.35. The number of fused-ring (bicyclic) bond motifs is 1. The number of hydrogen-bond acceptors (Lipinski definition) is 4. The van der Waals surface area contributed by atoms with Crippen LogP contribution in [-0.4, -0.2) is 26.0 Å². The van der Waals surface area contributed by atoms with Crippen LogP contribution in [-0.2, 0) is 0 Å². The van der Waals surface area contributed by atoms with Crippen molar-refractivity contribution >= 4 is 17.0 Å². The molecule has 1 aliphatic carbocycles. The lowest BCUT2D eigenvalue weighted by atomic mass is 10.2. The highest BCUT2D eigenvalue weighted by molar-refractivity contribution is 5.84. The highest BCUT2D eigenvalue weighted by Gasteiger charge is 2.18. The van der Waals surface area contributed by atoms with E-state index in [1.165, 1.54) is 25.7 Å². The van der Waals surface area contributed by atoms with Crippen LogP contribution in [0.3, 0.4) is 0 Å². The Bertz CT molecular complexity index is 744. The Hall–Kier alpha value is -2.43. The molecule has 2 N–H and O–H groups in total. The molecule has 0 aliphatic heterocycles. The lowest BCUT2D eigenvalue weighted by molar-refractivity contribution is 0.751. The summed E-state index contributed by atoms with van der Waals surface area (Å²) in [7, 11) is 0. The van der Waals surface area contributed by atoms with Crippen molar-refractivity contribution in [2.75, 3.05) is 5.32 Å². The fourth-order valence-corrected chi connectivity index (χ4v) is 2.92. The van der Waals surface area contributed by atoms with E-state index in [0.717, 1.165) is 22.7 Å². The van der Waals surface area contributed by atoms with E-state index in [-0.39, 0.29) is 0 Å². The molecule has 0 amide bonds. The molecule has 1 fully saturated rings. The third-order valence-electron chi connectivity index (χ3n) is 4.01. The van der Waals surface area contributed by atoms with Gasteiger partial charge in [-0.1, -0.05) is 43.2 Å². The number of anilines is 1. The highest BCUT2D eigenvalue weighted by atomic mass is 15.1. The Morgan fingerprint density at radius 3 is 2.67 bits per heavy atom. The largest absolute Gasteiger partial charge is 0.365 e. The fourth-order valence-electron chi connectivity index (χ4n) is 2.92. The number of imidazole rings is 1. The zero-order valence-electron chi connectivity index (χ0n) is 11.7. The first-order chi connectivity index (χ1) is 10.4. The Balaban J connectivity index is 1.78. The Labute approximate surface area is 122 Å². The van der Waals surface area contributed by atoms with Gasteiger partial charge in [0.15, 0.2) is 17.3 Å². The number of benzene rings is 1. The van der Waals surface area contributed by atoms with Crippen molar-refractivity contribution in [2.45, 2.75) is 31.7 Å². The maximum atomic E-state index is 4.71. The van der Waals surface area contributed by atoms with Crippen molar-refractivity contribution in [3.8, 4) is 11.4 Å². The van der Waals surface area contributed by atoms with Crippen LogP contribution in [0, 0.1) is 0 Å². The first-order valence-electron chi connectivity index (χ1n) is 7.43. The standard InChI is InChI=1S/C16H17N5/c1-2-6-11(7-3-1)14-20-15-13(17-10-18-15)16(21-14)19-12-8-4-5-9-12/h1-3,6-7,10,12H,4-5,8-9H2,(H2,17,18,19,20,21). The summed E-state index contributed by atoms with van der Waals surface area (Å²) in [6, 6.07) is 10.5. The average Bonchev–Trinajstić information content (AvgIpc) is 3.19. The van der Waals surface area contributed by atoms with Gasteiger partial charge in [-0.15, -0.1) is 0 Å². The van der Waals surface area contributed by atoms with Gasteiger partial charge in [-0.25, -0.2) is 15.0 Å². The molecule has 0 bridgehead atoms. The molecule has 1 aromatic carbocycles. The van der Waals surface area contributed by atoms with E-state index in [1.54, 1.807) is 6.33 Å². The lowest BCUT2D eigenvalue weighted by Crippen LogP contribution is -2.16. The zero-order chi connectivity index (χ0) is 14.1. The summed E-state index contributed by atoms with van der Waals surface area (Å²) in [5.74, 6) is 1.58. The molecule has 1 saturated carbocycles. The van der Waals surface area contributed by atoms with E-state index in [1.807, 2.05) is 30.3 Å². The van der Waals surface area contributed by atoms with Gasteiger partial charge in [0.2, 0.25) is 0 Å². The second-order valence-corrected chi connectivity index (χ2v) is 5.49. The van der Waals surface area contributed by atoms with Crippen LogP contribution in [0.2, 0.25) is 0 Å². The number of rotatable bonds is 3. The summed E-state index contributed by atoms with van der Waals surface area (Å²) in [6.45, 7) is 0. The topological polar surface area (TPSA) is 66.5 Å². The summed E-state index contributed by atoms with van der Waals surface area (Å²) >= 11 is 0. The number of hydrogen-bond donors (Lipinski definition) is 2. The minimum Gasteiger partial charge on any atom is -0.365 e. The normalized spacial score (nSPS) is 15.6. The molecule has 0 saturated heterocycles. The SMILES string of the molecule is c1ccc(-c2nc(NC3CCCC3)c3[nH]cnc3n2)cc1. The quantitative estimate of drug-likeness (QED) is 0.771. The van der Waals surface area contributed by atoms with Crippen LogP contribution in [0.15, 0.2) is 36.7 Å². The molecule has 0 spiro atoms. The van der Waals surface area contributed by atoms with E-state index in [2.05, 4.69) is 20.3 Å². The van der Waals surface area contributed by atoms with Crippen molar-refractivity contribution in [3.63, 3.8) is 0 Å². The van der Waals surface area contributed by atoms with Gasteiger partial charge < -0.3 is 10.3 Å². The van der Waals surface area contributed by atoms with Crippen LogP contribution >= 0.6 is 0 Å². The third-order valence-corrected chi connectivity index (χ3v) is 4.01. The van der Waals surface area contributed by atoms with Crippen molar-refractivity contribution < 1.29 is 0 Å². The Morgan fingerprint density at radius 2 is 1.86 bits per heavy atom. The number of H-pyrrole nitrogens is 1. The van der Waals surface area contributed by atoms with E-state index < -0.39 is 0 Å². The molecule has 2 aromatic heterocycles. The van der Waals surface area contributed by atoms with Crippen LogP contribution in [0.25, 0.3) is 22.6 Å². The van der Waals surface area contributed by atoms with Crippen molar-refractivity contribution in [2.24, 2.45) is 0 Å². The van der Waals surface area contributed by atoms with E-state index in [4.69, 9.17) is 4.98 Å². The molecule has 2 heterocycles. The molecule has 5 nitrogen and oxygen atoms in total. The lowest BCUT2D eigenvalue weighted by Gasteiger charge is -2.13. The van der Waals surface area contributed by atoms with Gasteiger partial charge in [0, 0.05) is 11.6 Å². The van der Waals surface area contributed by atoms with Crippen molar-refractivity contribution in [3.05, 3.63) is 36.7 Å². The first-order valence-corrected chi connectivity index (χ1v) is 7.43. The Morgan fingerprint density at radius 1 is 1.05 bits per heavy atom. The second-order valence-electron chi connectivity index (χ2n) is 5.49. The van der Waals surface area contributed by atoms with E-state index in [0.29, 0.717) is 11.7 Å². The van der Waals surface area contributed by atoms with Crippen LogP contribution in [0.4, 0.5) is 5.82 Å². The molecule has 1 aliphatic rings. The molecule has 5 heteroatoms. The monoisotopic (exact) mass is 279 g/mol. The summed E-state index contributed by atoms with van der Waals surface area (Å²) in [5.41, 5.74) is 2.61. The molecule has 21 heavy (non-hydrogen) atoms. The van der Waals surface area contributed by atoms with Gasteiger partial charge in [0.25, 0.3) is 0 Å². The summed E-state index contributed by atoms with van der Waals surface area (Å²) < 4.78 is 0. The number of nitrogens with one attached hydrogen (secondary N) is 2. The summed E-state index contributed by atoms with van der Waals surface area (Å²) in [4.78, 5) is 16.7. The molecular weight excluding hydrogens is 262 g/mol. The van der Waals surface area contributed by atoms with Crippen LogP contribution < -0.4 is 5.32 Å². The molecule has 4 rings (SSSR count). The predicted octanol–water partition coefficient (Wildman–Crippen LogP) is 3.37. The number of nitrogens with zero attached hydrogens (tertiary/aromatic N) is 3. The minimum absolute atomic E-state index is 0.509. The van der Waals surface area contributed by atoms with Crippen LogP contribution in [0.1, 0.15) is 25.7 Å². The molecule has 106 valence electrons. The van der Waals surface area contributed by atoms with Crippen LogP contribution in [0.5, 0.6) is 0 Å².